The molecule has 0 fully saturated rings. The molecule has 2 amide bonds. The highest BCUT2D eigenvalue weighted by Gasteiger charge is 2.34. The van der Waals surface area contributed by atoms with Crippen LogP contribution in [-0.4, -0.2) is 44.8 Å². The molecule has 224 valence electrons. The summed E-state index contributed by atoms with van der Waals surface area (Å²) in [4.78, 5) is 29.0. The van der Waals surface area contributed by atoms with Gasteiger partial charge in [0.15, 0.2) is 0 Å². The third-order valence-electron chi connectivity index (χ3n) is 6.91. The Hall–Kier alpha value is -3.56. The summed E-state index contributed by atoms with van der Waals surface area (Å²) in [6, 6.07) is 25.8. The molecule has 1 atom stereocenters. The number of aryl methyl sites for hydroxylation is 1. The molecule has 0 aliphatic heterocycles. The Morgan fingerprint density at radius 3 is 2.05 bits per heavy atom. The Morgan fingerprint density at radius 1 is 0.791 bits per heavy atom. The molecule has 0 aromatic heterocycles. The van der Waals surface area contributed by atoms with Gasteiger partial charge in [0.05, 0.1) is 20.6 Å². The van der Waals surface area contributed by atoms with Crippen molar-refractivity contribution in [3.05, 3.63) is 129 Å². The van der Waals surface area contributed by atoms with Crippen molar-refractivity contribution in [3.8, 4) is 0 Å². The minimum Gasteiger partial charge on any atom is -0.357 e. The Balaban J connectivity index is 1.81. The standard InChI is InChI=1S/C32H30Cl3N3O4S/c1-22-13-15-25(19-28(22)34)38(43(41,42)26-11-7-4-8-12-26)21-31(39)37(20-24-14-16-27(33)29(35)17-24)30(32(40)36-2)18-23-9-5-3-6-10-23/h3-17,19,30H,18,20-21H2,1-2H3,(H,36,40)/t30-/m1/s1. The van der Waals surface area contributed by atoms with Gasteiger partial charge in [0, 0.05) is 25.0 Å². The maximum absolute atomic E-state index is 14.3. The lowest BCUT2D eigenvalue weighted by Crippen LogP contribution is -2.53. The summed E-state index contributed by atoms with van der Waals surface area (Å²) in [7, 11) is -2.73. The van der Waals surface area contributed by atoms with E-state index in [1.165, 1.54) is 30.1 Å². The van der Waals surface area contributed by atoms with Gasteiger partial charge < -0.3 is 10.2 Å². The van der Waals surface area contributed by atoms with Gasteiger partial charge in [0.2, 0.25) is 11.8 Å². The molecule has 4 aromatic rings. The molecular weight excluding hydrogens is 629 g/mol. The molecule has 7 nitrogen and oxygen atoms in total. The molecule has 0 heterocycles. The Labute approximate surface area is 267 Å². The minimum atomic E-state index is -4.22. The summed E-state index contributed by atoms with van der Waals surface area (Å²) >= 11 is 18.8. The summed E-state index contributed by atoms with van der Waals surface area (Å²) in [5.74, 6) is -1.01. The molecule has 1 N–H and O–H groups in total. The fourth-order valence-corrected chi connectivity index (χ4v) is 6.46. The van der Waals surface area contributed by atoms with Crippen molar-refractivity contribution >= 4 is 62.3 Å². The number of rotatable bonds is 11. The van der Waals surface area contributed by atoms with Gasteiger partial charge in [-0.25, -0.2) is 8.42 Å². The third kappa shape index (κ3) is 7.89. The van der Waals surface area contributed by atoms with E-state index >= 15 is 0 Å². The van der Waals surface area contributed by atoms with Gasteiger partial charge in [-0.05, 0) is 60.0 Å². The second kappa shape index (κ2) is 14.3. The highest BCUT2D eigenvalue weighted by Crippen LogP contribution is 2.29. The summed E-state index contributed by atoms with van der Waals surface area (Å²) in [6.45, 7) is 1.17. The highest BCUT2D eigenvalue weighted by molar-refractivity contribution is 7.92. The van der Waals surface area contributed by atoms with Gasteiger partial charge in [-0.15, -0.1) is 0 Å². The lowest BCUT2D eigenvalue weighted by Gasteiger charge is -2.33. The topological polar surface area (TPSA) is 86.8 Å². The predicted octanol–water partition coefficient (Wildman–Crippen LogP) is 6.54. The Kier molecular flexibility index (Phi) is 10.7. The largest absolute Gasteiger partial charge is 0.357 e. The van der Waals surface area contributed by atoms with Gasteiger partial charge in [-0.2, -0.15) is 0 Å². The zero-order chi connectivity index (χ0) is 31.1. The molecule has 4 aromatic carbocycles. The Morgan fingerprint density at radius 2 is 1.44 bits per heavy atom. The number of halogens is 3. The first-order chi connectivity index (χ1) is 20.5. The van der Waals surface area contributed by atoms with Crippen molar-refractivity contribution < 1.29 is 18.0 Å². The summed E-state index contributed by atoms with van der Waals surface area (Å²) in [5.41, 5.74) is 2.39. The number of carbonyl (C=O) groups is 2. The molecule has 0 saturated heterocycles. The number of carbonyl (C=O) groups excluding carboxylic acids is 2. The smallest absolute Gasteiger partial charge is 0.264 e. The number of likely N-dealkylation sites (N-methyl/N-ethyl adjacent to an activating group) is 1. The fraction of sp³-hybridized carbons (Fsp3) is 0.188. The molecule has 43 heavy (non-hydrogen) atoms. The van der Waals surface area contributed by atoms with E-state index < -0.39 is 34.4 Å². The number of sulfonamides is 1. The van der Waals surface area contributed by atoms with E-state index in [-0.39, 0.29) is 28.6 Å². The van der Waals surface area contributed by atoms with Crippen molar-refractivity contribution in [1.29, 1.82) is 0 Å². The average molecular weight is 659 g/mol. The van der Waals surface area contributed by atoms with Crippen LogP contribution in [0.4, 0.5) is 5.69 Å². The highest BCUT2D eigenvalue weighted by atomic mass is 35.5. The van der Waals surface area contributed by atoms with Crippen LogP contribution in [0.2, 0.25) is 15.1 Å². The van der Waals surface area contributed by atoms with Crippen LogP contribution >= 0.6 is 34.8 Å². The maximum Gasteiger partial charge on any atom is 0.264 e. The second-order valence-electron chi connectivity index (χ2n) is 9.85. The fourth-order valence-electron chi connectivity index (χ4n) is 4.54. The van der Waals surface area contributed by atoms with Gasteiger partial charge in [0.25, 0.3) is 10.0 Å². The summed E-state index contributed by atoms with van der Waals surface area (Å²) in [5, 5.41) is 3.62. The van der Waals surface area contributed by atoms with E-state index in [9.17, 15) is 18.0 Å². The van der Waals surface area contributed by atoms with E-state index in [1.54, 1.807) is 55.5 Å². The first-order valence-corrected chi connectivity index (χ1v) is 15.9. The van der Waals surface area contributed by atoms with Gasteiger partial charge >= 0.3 is 0 Å². The average Bonchev–Trinajstić information content (AvgIpc) is 3.01. The van der Waals surface area contributed by atoms with Crippen molar-refractivity contribution in [2.75, 3.05) is 17.9 Å². The number of anilines is 1. The maximum atomic E-state index is 14.3. The molecule has 11 heteroatoms. The lowest BCUT2D eigenvalue weighted by atomic mass is 10.0. The molecule has 4 rings (SSSR count). The lowest BCUT2D eigenvalue weighted by molar-refractivity contribution is -0.139. The van der Waals surface area contributed by atoms with Crippen LogP contribution in [0.25, 0.3) is 0 Å². The quantitative estimate of drug-likeness (QED) is 0.198. The van der Waals surface area contributed by atoms with Crippen molar-refractivity contribution in [1.82, 2.24) is 10.2 Å². The van der Waals surface area contributed by atoms with Crippen LogP contribution in [0.5, 0.6) is 0 Å². The number of benzene rings is 4. The van der Waals surface area contributed by atoms with Gasteiger partial charge in [-0.3, -0.25) is 13.9 Å². The molecule has 0 aliphatic carbocycles. The first-order valence-electron chi connectivity index (χ1n) is 13.3. The van der Waals surface area contributed by atoms with Gasteiger partial charge in [-0.1, -0.05) is 95.5 Å². The number of nitrogens with one attached hydrogen (secondary N) is 1. The molecule has 0 saturated carbocycles. The molecule has 0 unspecified atom stereocenters. The normalized spacial score (nSPS) is 11.9. The molecule has 0 bridgehead atoms. The van der Waals surface area contributed by atoms with Crippen LogP contribution in [0.3, 0.4) is 0 Å². The first kappa shape index (κ1) is 32.4. The van der Waals surface area contributed by atoms with E-state index in [1.807, 2.05) is 30.3 Å². The van der Waals surface area contributed by atoms with Crippen LogP contribution < -0.4 is 9.62 Å². The molecular formula is C32H30Cl3N3O4S. The van der Waals surface area contributed by atoms with Crippen molar-refractivity contribution in [2.45, 2.75) is 30.8 Å². The third-order valence-corrected chi connectivity index (χ3v) is 9.84. The zero-order valence-electron chi connectivity index (χ0n) is 23.5. The second-order valence-corrected chi connectivity index (χ2v) is 12.9. The van der Waals surface area contributed by atoms with Crippen LogP contribution in [0.1, 0.15) is 16.7 Å². The number of hydrogen-bond acceptors (Lipinski definition) is 4. The van der Waals surface area contributed by atoms with Crippen LogP contribution in [-0.2, 0) is 32.6 Å². The van der Waals surface area contributed by atoms with Crippen LogP contribution in [0, 0.1) is 6.92 Å². The van der Waals surface area contributed by atoms with E-state index in [4.69, 9.17) is 34.8 Å². The molecule has 0 radical (unpaired) electrons. The van der Waals surface area contributed by atoms with E-state index in [0.717, 1.165) is 15.4 Å². The SMILES string of the molecule is CNC(=O)[C@@H](Cc1ccccc1)N(Cc1ccc(Cl)c(Cl)c1)C(=O)CN(c1ccc(C)c(Cl)c1)S(=O)(=O)c1ccccc1. The van der Waals surface area contributed by atoms with E-state index in [0.29, 0.717) is 15.6 Å². The monoisotopic (exact) mass is 657 g/mol. The van der Waals surface area contributed by atoms with E-state index in [2.05, 4.69) is 5.32 Å². The van der Waals surface area contributed by atoms with Crippen molar-refractivity contribution in [3.63, 3.8) is 0 Å². The van der Waals surface area contributed by atoms with Crippen molar-refractivity contribution in [2.24, 2.45) is 0 Å². The zero-order valence-corrected chi connectivity index (χ0v) is 26.6. The predicted molar refractivity (Wildman–Crippen MR) is 172 cm³/mol. The minimum absolute atomic E-state index is 0.00247. The number of amides is 2. The number of nitrogens with zero attached hydrogens (tertiary/aromatic N) is 2. The molecule has 0 aliphatic rings. The Bertz CT molecular complexity index is 1700. The number of hydrogen-bond donors (Lipinski definition) is 1. The summed E-state index contributed by atoms with van der Waals surface area (Å²) < 4.78 is 29.0. The van der Waals surface area contributed by atoms with Crippen LogP contribution in [0.15, 0.2) is 102 Å². The molecule has 0 spiro atoms. The summed E-state index contributed by atoms with van der Waals surface area (Å²) in [6.07, 6.45) is 0.190. The van der Waals surface area contributed by atoms with Gasteiger partial charge in [0.1, 0.15) is 12.6 Å².